The van der Waals surface area contributed by atoms with Crippen LogP contribution in [0.15, 0.2) is 30.3 Å². The average molecular weight is 316 g/mol. The molecule has 1 spiro atoms. The Labute approximate surface area is 137 Å². The summed E-state index contributed by atoms with van der Waals surface area (Å²) in [4.78, 5) is 27.4. The van der Waals surface area contributed by atoms with Crippen LogP contribution in [0.4, 0.5) is 5.69 Å². The Morgan fingerprint density at radius 2 is 1.83 bits per heavy atom. The number of hydrogen-bond donors (Lipinski definition) is 0. The molecule has 2 aliphatic rings. The molecule has 0 radical (unpaired) electrons. The Bertz CT molecular complexity index is 579. The first kappa shape index (κ1) is 16.0. The van der Waals surface area contributed by atoms with Crippen molar-refractivity contribution in [1.82, 2.24) is 4.90 Å². The van der Waals surface area contributed by atoms with E-state index >= 15 is 0 Å². The fourth-order valence-electron chi connectivity index (χ4n) is 3.80. The zero-order valence-electron chi connectivity index (χ0n) is 13.8. The van der Waals surface area contributed by atoms with Crippen molar-refractivity contribution in [2.45, 2.75) is 44.8 Å². The maximum atomic E-state index is 12.2. The topological polar surface area (TPSA) is 49.9 Å². The molecule has 0 aromatic heterocycles. The second kappa shape index (κ2) is 6.32. The van der Waals surface area contributed by atoms with Crippen molar-refractivity contribution in [3.8, 4) is 0 Å². The highest BCUT2D eigenvalue weighted by Gasteiger charge is 2.45. The molecular weight excluding hydrogens is 292 g/mol. The lowest BCUT2D eigenvalue weighted by Crippen LogP contribution is -2.47. The van der Waals surface area contributed by atoms with E-state index in [1.54, 1.807) is 13.8 Å². The molecule has 2 heterocycles. The molecule has 3 rings (SSSR count). The molecule has 23 heavy (non-hydrogen) atoms. The van der Waals surface area contributed by atoms with Crippen molar-refractivity contribution in [3.05, 3.63) is 30.3 Å². The molecule has 1 aromatic carbocycles. The number of amides is 2. The highest BCUT2D eigenvalue weighted by atomic mass is 16.5. The number of nitrogens with zero attached hydrogens (tertiary/aromatic N) is 2. The van der Waals surface area contributed by atoms with Gasteiger partial charge >= 0.3 is 0 Å². The summed E-state index contributed by atoms with van der Waals surface area (Å²) in [5, 5.41) is 0. The maximum absolute atomic E-state index is 12.2. The second-order valence-corrected chi connectivity index (χ2v) is 6.58. The molecule has 1 atom stereocenters. The van der Waals surface area contributed by atoms with Crippen molar-refractivity contribution >= 4 is 17.5 Å². The molecule has 2 aliphatic heterocycles. The fraction of sp³-hybridized carbons (Fsp3) is 0.556. The van der Waals surface area contributed by atoms with Crippen molar-refractivity contribution in [2.75, 3.05) is 24.6 Å². The first-order chi connectivity index (χ1) is 11.0. The molecule has 5 nitrogen and oxygen atoms in total. The van der Waals surface area contributed by atoms with Gasteiger partial charge in [0.1, 0.15) is 0 Å². The average Bonchev–Trinajstić information content (AvgIpc) is 2.92. The highest BCUT2D eigenvalue weighted by Crippen LogP contribution is 2.38. The van der Waals surface area contributed by atoms with E-state index in [2.05, 4.69) is 0 Å². The van der Waals surface area contributed by atoms with E-state index in [-0.39, 0.29) is 23.5 Å². The van der Waals surface area contributed by atoms with Gasteiger partial charge in [0, 0.05) is 32.6 Å². The third kappa shape index (κ3) is 3.24. The van der Waals surface area contributed by atoms with Gasteiger partial charge in [-0.25, -0.2) is 0 Å². The number of carbonyl (C=O) groups excluding carboxylic acids is 2. The van der Waals surface area contributed by atoms with Gasteiger partial charge in [-0.1, -0.05) is 18.2 Å². The number of rotatable bonds is 2. The van der Waals surface area contributed by atoms with E-state index < -0.39 is 0 Å². The van der Waals surface area contributed by atoms with Crippen LogP contribution in [0.2, 0.25) is 0 Å². The maximum Gasteiger partial charge on any atom is 0.224 e. The first-order valence-electron chi connectivity index (χ1n) is 8.25. The van der Waals surface area contributed by atoms with Crippen LogP contribution >= 0.6 is 0 Å². The van der Waals surface area contributed by atoms with Gasteiger partial charge in [0.25, 0.3) is 0 Å². The summed E-state index contributed by atoms with van der Waals surface area (Å²) in [6.45, 7) is 5.27. The summed E-state index contributed by atoms with van der Waals surface area (Å²) in [5.41, 5.74) is 0.742. The Balaban J connectivity index is 1.71. The summed E-state index contributed by atoms with van der Waals surface area (Å²) in [5.74, 6) is 0.173. The minimum atomic E-state index is -0.181. The summed E-state index contributed by atoms with van der Waals surface area (Å²) < 4.78 is 6.14. The van der Waals surface area contributed by atoms with Crippen molar-refractivity contribution in [2.24, 2.45) is 0 Å². The van der Waals surface area contributed by atoms with Crippen molar-refractivity contribution in [1.29, 1.82) is 0 Å². The minimum absolute atomic E-state index is 0.0445. The van der Waals surface area contributed by atoms with Gasteiger partial charge in [-0.05, 0) is 31.4 Å². The number of ether oxygens (including phenoxy) is 1. The number of piperidine rings is 1. The molecule has 0 aliphatic carbocycles. The predicted molar refractivity (Wildman–Crippen MR) is 88.2 cm³/mol. The van der Waals surface area contributed by atoms with E-state index in [1.807, 2.05) is 40.1 Å². The van der Waals surface area contributed by atoms with Gasteiger partial charge in [-0.15, -0.1) is 0 Å². The zero-order chi connectivity index (χ0) is 16.4. The van der Waals surface area contributed by atoms with Crippen LogP contribution in [0.3, 0.4) is 0 Å². The highest BCUT2D eigenvalue weighted by molar-refractivity contribution is 5.92. The van der Waals surface area contributed by atoms with Gasteiger partial charge in [0.2, 0.25) is 11.8 Å². The Kier molecular flexibility index (Phi) is 4.39. The number of hydrogen-bond acceptors (Lipinski definition) is 3. The molecule has 0 N–H and O–H groups in total. The fourth-order valence-corrected chi connectivity index (χ4v) is 3.80. The predicted octanol–water partition coefficient (Wildman–Crippen LogP) is 2.21. The monoisotopic (exact) mass is 316 g/mol. The third-order valence-corrected chi connectivity index (χ3v) is 5.05. The largest absolute Gasteiger partial charge is 0.373 e. The molecule has 124 valence electrons. The second-order valence-electron chi connectivity index (χ2n) is 6.58. The summed E-state index contributed by atoms with van der Waals surface area (Å²) in [6, 6.07) is 9.84. The summed E-state index contributed by atoms with van der Waals surface area (Å²) >= 11 is 0. The number of anilines is 1. The van der Waals surface area contributed by atoms with Crippen LogP contribution in [0.25, 0.3) is 0 Å². The molecule has 2 saturated heterocycles. The Morgan fingerprint density at radius 1 is 1.17 bits per heavy atom. The summed E-state index contributed by atoms with van der Waals surface area (Å²) in [7, 11) is 0. The standard InChI is InChI=1S/C18H24N2O3/c1-14(21)19-10-8-18(9-11-19)12-17(13-23-18)20(15(2)22)16-6-4-3-5-7-16/h3-7,17H,8-13H2,1-2H3/t17-/m0/s1. The van der Waals surface area contributed by atoms with E-state index in [0.29, 0.717) is 6.61 Å². The SMILES string of the molecule is CC(=O)N1CCC2(CC1)C[C@H](N(C(C)=O)c1ccccc1)CO2. The van der Waals surface area contributed by atoms with Crippen molar-refractivity contribution in [3.63, 3.8) is 0 Å². The Hall–Kier alpha value is -1.88. The van der Waals surface area contributed by atoms with Crippen molar-refractivity contribution < 1.29 is 14.3 Å². The molecule has 0 bridgehead atoms. The van der Waals surface area contributed by atoms with Gasteiger partial charge < -0.3 is 14.5 Å². The molecular formula is C18H24N2O3. The van der Waals surface area contributed by atoms with Gasteiger partial charge in [0.15, 0.2) is 0 Å². The molecule has 0 saturated carbocycles. The quantitative estimate of drug-likeness (QED) is 0.840. The lowest BCUT2D eigenvalue weighted by atomic mass is 9.87. The smallest absolute Gasteiger partial charge is 0.224 e. The molecule has 0 unspecified atom stereocenters. The Morgan fingerprint density at radius 3 is 2.39 bits per heavy atom. The third-order valence-electron chi connectivity index (χ3n) is 5.05. The number of likely N-dealkylation sites (tertiary alicyclic amines) is 1. The van der Waals surface area contributed by atoms with E-state index in [1.165, 1.54) is 0 Å². The van der Waals surface area contributed by atoms with E-state index in [4.69, 9.17) is 4.74 Å². The van der Waals surface area contributed by atoms with Crippen LogP contribution in [0, 0.1) is 0 Å². The van der Waals surface area contributed by atoms with E-state index in [9.17, 15) is 9.59 Å². The van der Waals surface area contributed by atoms with Crippen LogP contribution in [0.1, 0.15) is 33.1 Å². The first-order valence-corrected chi connectivity index (χ1v) is 8.25. The van der Waals surface area contributed by atoms with Crippen LogP contribution in [-0.4, -0.2) is 48.1 Å². The minimum Gasteiger partial charge on any atom is -0.373 e. The molecule has 2 amide bonds. The number of carbonyl (C=O) groups is 2. The number of benzene rings is 1. The van der Waals surface area contributed by atoms with Crippen LogP contribution in [-0.2, 0) is 14.3 Å². The lowest BCUT2D eigenvalue weighted by Gasteiger charge is -2.38. The number of para-hydroxylation sites is 1. The molecule has 5 heteroatoms. The van der Waals surface area contributed by atoms with Crippen LogP contribution in [0.5, 0.6) is 0 Å². The molecule has 1 aromatic rings. The zero-order valence-corrected chi connectivity index (χ0v) is 13.8. The van der Waals surface area contributed by atoms with Gasteiger partial charge in [-0.3, -0.25) is 9.59 Å². The molecule has 2 fully saturated rings. The van der Waals surface area contributed by atoms with E-state index in [0.717, 1.165) is 38.0 Å². The lowest BCUT2D eigenvalue weighted by molar-refractivity contribution is -0.133. The van der Waals surface area contributed by atoms with Crippen LogP contribution < -0.4 is 4.90 Å². The van der Waals surface area contributed by atoms with Gasteiger partial charge in [0.05, 0.1) is 18.2 Å². The normalized spacial score (nSPS) is 23.0. The summed E-state index contributed by atoms with van der Waals surface area (Å²) in [6.07, 6.45) is 2.54. The van der Waals surface area contributed by atoms with Gasteiger partial charge in [-0.2, -0.15) is 0 Å².